The summed E-state index contributed by atoms with van der Waals surface area (Å²) in [7, 11) is 0. The van der Waals surface area contributed by atoms with Crippen LogP contribution in [0, 0.1) is 0 Å². The number of piperazine rings is 1. The molecule has 2 aromatic carbocycles. The van der Waals surface area contributed by atoms with E-state index in [0.29, 0.717) is 12.0 Å². The van der Waals surface area contributed by atoms with Crippen LogP contribution < -0.4 is 5.32 Å². The highest BCUT2D eigenvalue weighted by atomic mass is 15.2. The first-order valence-electron chi connectivity index (χ1n) is 7.88. The van der Waals surface area contributed by atoms with Crippen LogP contribution in [0.1, 0.15) is 30.0 Å². The molecular formula is C19H24N2. The van der Waals surface area contributed by atoms with Gasteiger partial charge in [-0.3, -0.25) is 4.90 Å². The molecule has 1 N–H and O–H groups in total. The Bertz CT molecular complexity index is 536. The summed E-state index contributed by atoms with van der Waals surface area (Å²) in [6.45, 7) is 6.77. The SMILES string of the molecule is CC(CN1CCNC(c2ccccc2)C1)c1ccccc1. The number of nitrogens with zero attached hydrogens (tertiary/aromatic N) is 1. The lowest BCUT2D eigenvalue weighted by Crippen LogP contribution is -2.46. The molecule has 2 aromatic rings. The third kappa shape index (κ3) is 3.72. The Morgan fingerprint density at radius 1 is 1.05 bits per heavy atom. The van der Waals surface area contributed by atoms with Crippen LogP contribution in [-0.2, 0) is 0 Å². The van der Waals surface area contributed by atoms with Crippen LogP contribution in [-0.4, -0.2) is 31.1 Å². The van der Waals surface area contributed by atoms with E-state index < -0.39 is 0 Å². The van der Waals surface area contributed by atoms with Crippen LogP contribution in [0.2, 0.25) is 0 Å². The molecule has 0 radical (unpaired) electrons. The van der Waals surface area contributed by atoms with Crippen molar-refractivity contribution in [3.05, 3.63) is 71.8 Å². The lowest BCUT2D eigenvalue weighted by atomic mass is 9.99. The van der Waals surface area contributed by atoms with E-state index in [2.05, 4.69) is 77.8 Å². The van der Waals surface area contributed by atoms with Crippen LogP contribution in [0.25, 0.3) is 0 Å². The van der Waals surface area contributed by atoms with E-state index in [-0.39, 0.29) is 0 Å². The Labute approximate surface area is 127 Å². The van der Waals surface area contributed by atoms with Crippen molar-refractivity contribution in [2.75, 3.05) is 26.2 Å². The molecule has 1 aliphatic rings. The maximum Gasteiger partial charge on any atom is 0.0449 e. The van der Waals surface area contributed by atoms with Crippen LogP contribution in [0.4, 0.5) is 0 Å². The van der Waals surface area contributed by atoms with E-state index in [1.54, 1.807) is 0 Å². The van der Waals surface area contributed by atoms with Gasteiger partial charge in [-0.1, -0.05) is 67.6 Å². The van der Waals surface area contributed by atoms with E-state index in [9.17, 15) is 0 Å². The fourth-order valence-electron chi connectivity index (χ4n) is 3.16. The van der Waals surface area contributed by atoms with E-state index in [1.165, 1.54) is 11.1 Å². The number of hydrogen-bond donors (Lipinski definition) is 1. The van der Waals surface area contributed by atoms with Crippen LogP contribution in [0.3, 0.4) is 0 Å². The Hall–Kier alpha value is -1.64. The molecule has 3 rings (SSSR count). The topological polar surface area (TPSA) is 15.3 Å². The van der Waals surface area contributed by atoms with Gasteiger partial charge < -0.3 is 5.32 Å². The molecule has 0 aromatic heterocycles. The molecule has 0 amide bonds. The molecule has 1 saturated heterocycles. The second kappa shape index (κ2) is 6.88. The lowest BCUT2D eigenvalue weighted by molar-refractivity contribution is 0.192. The normalized spacial score (nSPS) is 21.1. The summed E-state index contributed by atoms with van der Waals surface area (Å²) in [6.07, 6.45) is 0. The summed E-state index contributed by atoms with van der Waals surface area (Å²) in [5, 5.41) is 3.64. The van der Waals surface area contributed by atoms with E-state index in [0.717, 1.165) is 26.2 Å². The summed E-state index contributed by atoms with van der Waals surface area (Å²) in [4.78, 5) is 2.59. The summed E-state index contributed by atoms with van der Waals surface area (Å²) < 4.78 is 0. The first-order chi connectivity index (χ1) is 10.3. The Kier molecular flexibility index (Phi) is 4.69. The zero-order chi connectivity index (χ0) is 14.5. The van der Waals surface area contributed by atoms with E-state index >= 15 is 0 Å². The van der Waals surface area contributed by atoms with Gasteiger partial charge in [-0.15, -0.1) is 0 Å². The van der Waals surface area contributed by atoms with Crippen molar-refractivity contribution in [3.63, 3.8) is 0 Å². The van der Waals surface area contributed by atoms with Gasteiger partial charge in [0.15, 0.2) is 0 Å². The summed E-state index contributed by atoms with van der Waals surface area (Å²) in [5.41, 5.74) is 2.84. The highest BCUT2D eigenvalue weighted by Crippen LogP contribution is 2.21. The monoisotopic (exact) mass is 280 g/mol. The molecule has 1 fully saturated rings. The van der Waals surface area contributed by atoms with Crippen LogP contribution in [0.15, 0.2) is 60.7 Å². The average molecular weight is 280 g/mol. The molecule has 1 aliphatic heterocycles. The second-order valence-electron chi connectivity index (χ2n) is 5.99. The fourth-order valence-corrected chi connectivity index (χ4v) is 3.16. The van der Waals surface area contributed by atoms with Crippen LogP contribution >= 0.6 is 0 Å². The Balaban J connectivity index is 1.61. The summed E-state index contributed by atoms with van der Waals surface area (Å²) >= 11 is 0. The molecule has 0 saturated carbocycles. The quantitative estimate of drug-likeness (QED) is 0.923. The maximum atomic E-state index is 3.64. The molecule has 2 heteroatoms. The smallest absolute Gasteiger partial charge is 0.0449 e. The third-order valence-corrected chi connectivity index (χ3v) is 4.36. The summed E-state index contributed by atoms with van der Waals surface area (Å²) in [6, 6.07) is 22.1. The van der Waals surface area contributed by atoms with Gasteiger partial charge in [-0.05, 0) is 17.0 Å². The Morgan fingerprint density at radius 2 is 1.71 bits per heavy atom. The molecule has 21 heavy (non-hydrogen) atoms. The zero-order valence-electron chi connectivity index (χ0n) is 12.7. The number of hydrogen-bond acceptors (Lipinski definition) is 2. The molecule has 2 unspecified atom stereocenters. The van der Waals surface area contributed by atoms with Gasteiger partial charge in [-0.25, -0.2) is 0 Å². The third-order valence-electron chi connectivity index (χ3n) is 4.36. The minimum atomic E-state index is 0.461. The van der Waals surface area contributed by atoms with Gasteiger partial charge in [0.2, 0.25) is 0 Å². The fraction of sp³-hybridized carbons (Fsp3) is 0.368. The average Bonchev–Trinajstić information content (AvgIpc) is 2.57. The molecular weight excluding hydrogens is 256 g/mol. The predicted octanol–water partition coefficient (Wildman–Crippen LogP) is 3.44. The van der Waals surface area contributed by atoms with Gasteiger partial charge in [0.05, 0.1) is 0 Å². The second-order valence-corrected chi connectivity index (χ2v) is 5.99. The molecule has 1 heterocycles. The van der Waals surface area contributed by atoms with Crippen molar-refractivity contribution in [3.8, 4) is 0 Å². The van der Waals surface area contributed by atoms with Crippen molar-refractivity contribution in [2.24, 2.45) is 0 Å². The first kappa shape index (κ1) is 14.3. The molecule has 0 bridgehead atoms. The van der Waals surface area contributed by atoms with Gasteiger partial charge in [0, 0.05) is 32.2 Å². The molecule has 2 atom stereocenters. The van der Waals surface area contributed by atoms with Crippen molar-refractivity contribution in [2.45, 2.75) is 18.9 Å². The largest absolute Gasteiger partial charge is 0.308 e. The van der Waals surface area contributed by atoms with Crippen molar-refractivity contribution >= 4 is 0 Å². The van der Waals surface area contributed by atoms with Crippen molar-refractivity contribution < 1.29 is 0 Å². The highest BCUT2D eigenvalue weighted by Gasteiger charge is 2.21. The molecule has 2 nitrogen and oxygen atoms in total. The summed E-state index contributed by atoms with van der Waals surface area (Å²) in [5.74, 6) is 0.584. The zero-order valence-corrected chi connectivity index (χ0v) is 12.7. The minimum absolute atomic E-state index is 0.461. The van der Waals surface area contributed by atoms with Crippen molar-refractivity contribution in [1.29, 1.82) is 0 Å². The van der Waals surface area contributed by atoms with Crippen molar-refractivity contribution in [1.82, 2.24) is 10.2 Å². The Morgan fingerprint density at radius 3 is 2.43 bits per heavy atom. The minimum Gasteiger partial charge on any atom is -0.308 e. The molecule has 0 aliphatic carbocycles. The van der Waals surface area contributed by atoms with E-state index in [4.69, 9.17) is 0 Å². The lowest BCUT2D eigenvalue weighted by Gasteiger charge is -2.35. The highest BCUT2D eigenvalue weighted by molar-refractivity contribution is 5.21. The molecule has 0 spiro atoms. The molecule has 110 valence electrons. The predicted molar refractivity (Wildman–Crippen MR) is 88.5 cm³/mol. The maximum absolute atomic E-state index is 3.64. The van der Waals surface area contributed by atoms with Gasteiger partial charge >= 0.3 is 0 Å². The number of nitrogens with one attached hydrogen (secondary N) is 1. The van der Waals surface area contributed by atoms with Gasteiger partial charge in [0.1, 0.15) is 0 Å². The van der Waals surface area contributed by atoms with Crippen LogP contribution in [0.5, 0.6) is 0 Å². The number of benzene rings is 2. The first-order valence-corrected chi connectivity index (χ1v) is 7.88. The number of rotatable bonds is 4. The van der Waals surface area contributed by atoms with E-state index in [1.807, 2.05) is 0 Å². The van der Waals surface area contributed by atoms with Gasteiger partial charge in [-0.2, -0.15) is 0 Å². The van der Waals surface area contributed by atoms with Gasteiger partial charge in [0.25, 0.3) is 0 Å². The standard InChI is InChI=1S/C19H24N2/c1-16(17-8-4-2-5-9-17)14-21-13-12-20-19(15-21)18-10-6-3-7-11-18/h2-11,16,19-20H,12-15H2,1H3.